The molecule has 0 bridgehead atoms. The summed E-state index contributed by atoms with van der Waals surface area (Å²) in [6, 6.07) is 17.3. The van der Waals surface area contributed by atoms with Crippen LogP contribution in [0.3, 0.4) is 0 Å². The van der Waals surface area contributed by atoms with E-state index in [2.05, 4.69) is 29.4 Å². The standard InChI is InChI=1S/C18H22N2O3/c1-19-18(21)23-17-11-9-16(10-12-17)22-14-6-13-20(2)15-7-4-3-5-8-15/h3-5,7-12H,6,13-14H2,1-2H3,(H,19,21). The van der Waals surface area contributed by atoms with E-state index in [0.717, 1.165) is 18.7 Å². The number of anilines is 1. The second-order valence-electron chi connectivity index (χ2n) is 5.07. The van der Waals surface area contributed by atoms with E-state index in [4.69, 9.17) is 9.47 Å². The van der Waals surface area contributed by atoms with E-state index >= 15 is 0 Å². The summed E-state index contributed by atoms with van der Waals surface area (Å²) in [6.07, 6.45) is 0.435. The van der Waals surface area contributed by atoms with Gasteiger partial charge in [-0.15, -0.1) is 0 Å². The Balaban J connectivity index is 1.71. The van der Waals surface area contributed by atoms with Crippen molar-refractivity contribution >= 4 is 11.8 Å². The molecule has 0 saturated heterocycles. The summed E-state index contributed by atoms with van der Waals surface area (Å²) in [5.41, 5.74) is 1.20. The molecule has 0 radical (unpaired) electrons. The van der Waals surface area contributed by atoms with Crippen molar-refractivity contribution in [1.82, 2.24) is 5.32 Å². The van der Waals surface area contributed by atoms with E-state index < -0.39 is 6.09 Å². The lowest BCUT2D eigenvalue weighted by molar-refractivity contribution is 0.203. The van der Waals surface area contributed by atoms with Crippen LogP contribution in [0.2, 0.25) is 0 Å². The third-order valence-corrected chi connectivity index (χ3v) is 3.34. The Hall–Kier alpha value is -2.69. The SMILES string of the molecule is CNC(=O)Oc1ccc(OCCCN(C)c2ccccc2)cc1. The number of hydrogen-bond donors (Lipinski definition) is 1. The second-order valence-corrected chi connectivity index (χ2v) is 5.07. The van der Waals surface area contributed by atoms with Gasteiger partial charge in [0.25, 0.3) is 0 Å². The average Bonchev–Trinajstić information content (AvgIpc) is 2.60. The van der Waals surface area contributed by atoms with Gasteiger partial charge in [0, 0.05) is 26.3 Å². The predicted octanol–water partition coefficient (Wildman–Crippen LogP) is 3.31. The van der Waals surface area contributed by atoms with Gasteiger partial charge in [-0.05, 0) is 42.8 Å². The van der Waals surface area contributed by atoms with Gasteiger partial charge in [-0.1, -0.05) is 18.2 Å². The lowest BCUT2D eigenvalue weighted by Gasteiger charge is -2.19. The van der Waals surface area contributed by atoms with Crippen LogP contribution in [0.25, 0.3) is 0 Å². The summed E-state index contributed by atoms with van der Waals surface area (Å²) in [4.78, 5) is 13.3. The van der Waals surface area contributed by atoms with Crippen LogP contribution in [-0.2, 0) is 0 Å². The normalized spacial score (nSPS) is 10.0. The van der Waals surface area contributed by atoms with Crippen molar-refractivity contribution in [2.24, 2.45) is 0 Å². The maximum absolute atomic E-state index is 11.1. The van der Waals surface area contributed by atoms with Gasteiger partial charge in [0.15, 0.2) is 0 Å². The summed E-state index contributed by atoms with van der Waals surface area (Å²) in [7, 11) is 3.59. The number of rotatable bonds is 7. The first-order chi connectivity index (χ1) is 11.2. The Kier molecular flexibility index (Phi) is 6.29. The molecule has 122 valence electrons. The molecule has 0 aliphatic rings. The van der Waals surface area contributed by atoms with Crippen LogP contribution >= 0.6 is 0 Å². The van der Waals surface area contributed by atoms with Crippen molar-refractivity contribution in [3.63, 3.8) is 0 Å². The van der Waals surface area contributed by atoms with E-state index in [1.165, 1.54) is 12.7 Å². The fourth-order valence-corrected chi connectivity index (χ4v) is 2.07. The van der Waals surface area contributed by atoms with Crippen molar-refractivity contribution in [2.75, 3.05) is 32.1 Å². The molecule has 0 fully saturated rings. The van der Waals surface area contributed by atoms with Crippen LogP contribution < -0.4 is 19.7 Å². The van der Waals surface area contributed by atoms with Crippen LogP contribution in [0, 0.1) is 0 Å². The van der Waals surface area contributed by atoms with Crippen LogP contribution in [-0.4, -0.2) is 33.3 Å². The number of benzene rings is 2. The highest BCUT2D eigenvalue weighted by atomic mass is 16.6. The van der Waals surface area contributed by atoms with Crippen molar-refractivity contribution in [1.29, 1.82) is 0 Å². The average molecular weight is 314 g/mol. The first-order valence-corrected chi connectivity index (χ1v) is 7.57. The zero-order valence-electron chi connectivity index (χ0n) is 13.5. The summed E-state index contributed by atoms with van der Waals surface area (Å²) >= 11 is 0. The third-order valence-electron chi connectivity index (χ3n) is 3.34. The highest BCUT2D eigenvalue weighted by Gasteiger charge is 2.02. The highest BCUT2D eigenvalue weighted by molar-refractivity contribution is 5.69. The zero-order chi connectivity index (χ0) is 16.5. The summed E-state index contributed by atoms with van der Waals surface area (Å²) in [5, 5.41) is 2.40. The Labute approximate surface area is 136 Å². The van der Waals surface area contributed by atoms with Crippen molar-refractivity contribution in [2.45, 2.75) is 6.42 Å². The topological polar surface area (TPSA) is 50.8 Å². The number of carbonyl (C=O) groups excluding carboxylic acids is 1. The Morgan fingerprint density at radius 2 is 1.70 bits per heavy atom. The maximum Gasteiger partial charge on any atom is 0.412 e. The number of amides is 1. The molecular formula is C18H22N2O3. The number of para-hydroxylation sites is 1. The Morgan fingerprint density at radius 3 is 2.35 bits per heavy atom. The summed E-state index contributed by atoms with van der Waals surface area (Å²) in [6.45, 7) is 1.55. The van der Waals surface area contributed by atoms with E-state index in [9.17, 15) is 4.79 Å². The molecule has 5 heteroatoms. The summed E-state index contributed by atoms with van der Waals surface area (Å²) in [5.74, 6) is 1.25. The van der Waals surface area contributed by atoms with E-state index in [1.54, 1.807) is 24.3 Å². The van der Waals surface area contributed by atoms with E-state index in [-0.39, 0.29) is 0 Å². The zero-order valence-corrected chi connectivity index (χ0v) is 13.5. The molecule has 0 aromatic heterocycles. The quantitative estimate of drug-likeness (QED) is 0.797. The maximum atomic E-state index is 11.1. The molecule has 1 N–H and O–H groups in total. The molecule has 2 aromatic carbocycles. The fourth-order valence-electron chi connectivity index (χ4n) is 2.07. The van der Waals surface area contributed by atoms with Gasteiger partial charge in [0.2, 0.25) is 0 Å². The van der Waals surface area contributed by atoms with Crippen LogP contribution in [0.15, 0.2) is 54.6 Å². The first-order valence-electron chi connectivity index (χ1n) is 7.57. The molecule has 2 rings (SSSR count). The van der Waals surface area contributed by atoms with E-state index in [1.807, 2.05) is 18.2 Å². The molecule has 0 aliphatic carbocycles. The molecule has 0 saturated carbocycles. The number of hydrogen-bond acceptors (Lipinski definition) is 4. The molecule has 5 nitrogen and oxygen atoms in total. The molecule has 0 spiro atoms. The van der Waals surface area contributed by atoms with Gasteiger partial charge in [-0.2, -0.15) is 0 Å². The smallest absolute Gasteiger partial charge is 0.412 e. The fraction of sp³-hybridized carbons (Fsp3) is 0.278. The van der Waals surface area contributed by atoms with Gasteiger partial charge in [0.1, 0.15) is 11.5 Å². The minimum atomic E-state index is -0.484. The number of carbonyl (C=O) groups is 1. The largest absolute Gasteiger partial charge is 0.494 e. The van der Waals surface area contributed by atoms with Gasteiger partial charge in [0.05, 0.1) is 6.61 Å². The number of nitrogens with one attached hydrogen (secondary N) is 1. The molecule has 0 aliphatic heterocycles. The molecule has 0 heterocycles. The lowest BCUT2D eigenvalue weighted by atomic mass is 10.3. The Bertz CT molecular complexity index is 599. The van der Waals surface area contributed by atoms with Crippen molar-refractivity contribution in [3.05, 3.63) is 54.6 Å². The van der Waals surface area contributed by atoms with Crippen molar-refractivity contribution in [3.8, 4) is 11.5 Å². The molecule has 0 unspecified atom stereocenters. The predicted molar refractivity (Wildman–Crippen MR) is 91.3 cm³/mol. The van der Waals surface area contributed by atoms with Crippen molar-refractivity contribution < 1.29 is 14.3 Å². The van der Waals surface area contributed by atoms with Crippen LogP contribution in [0.1, 0.15) is 6.42 Å². The second kappa shape index (κ2) is 8.68. The van der Waals surface area contributed by atoms with Gasteiger partial charge < -0.3 is 19.7 Å². The Morgan fingerprint density at radius 1 is 1.04 bits per heavy atom. The summed E-state index contributed by atoms with van der Waals surface area (Å²) < 4.78 is 10.7. The van der Waals surface area contributed by atoms with Crippen LogP contribution in [0.5, 0.6) is 11.5 Å². The number of nitrogens with zero attached hydrogens (tertiary/aromatic N) is 1. The van der Waals surface area contributed by atoms with E-state index in [0.29, 0.717) is 12.4 Å². The lowest BCUT2D eigenvalue weighted by Crippen LogP contribution is -2.22. The monoisotopic (exact) mass is 314 g/mol. The minimum Gasteiger partial charge on any atom is -0.494 e. The van der Waals surface area contributed by atoms with Gasteiger partial charge in [-0.25, -0.2) is 4.79 Å². The van der Waals surface area contributed by atoms with Gasteiger partial charge in [-0.3, -0.25) is 0 Å². The third kappa shape index (κ3) is 5.54. The number of ether oxygens (including phenoxy) is 2. The van der Waals surface area contributed by atoms with Gasteiger partial charge >= 0.3 is 6.09 Å². The minimum absolute atomic E-state index is 0.484. The molecular weight excluding hydrogens is 292 g/mol. The molecule has 0 atom stereocenters. The highest BCUT2D eigenvalue weighted by Crippen LogP contribution is 2.18. The molecule has 1 amide bonds. The molecule has 23 heavy (non-hydrogen) atoms. The van der Waals surface area contributed by atoms with Crippen LogP contribution in [0.4, 0.5) is 10.5 Å². The molecule has 2 aromatic rings. The first kappa shape index (κ1) is 16.7.